The molecule has 1 aliphatic heterocycles. The third kappa shape index (κ3) is 2.35. The van der Waals surface area contributed by atoms with E-state index in [-0.39, 0.29) is 17.0 Å². The van der Waals surface area contributed by atoms with Gasteiger partial charge in [0.05, 0.1) is 11.4 Å². The van der Waals surface area contributed by atoms with E-state index in [1.165, 1.54) is 4.68 Å². The van der Waals surface area contributed by atoms with Gasteiger partial charge in [-0.15, -0.1) is 0 Å². The molecule has 6 heteroatoms. The molecule has 0 bridgehead atoms. The molecule has 3 aromatic rings. The van der Waals surface area contributed by atoms with Gasteiger partial charge >= 0.3 is 0 Å². The van der Waals surface area contributed by atoms with E-state index in [0.29, 0.717) is 10.7 Å². The smallest absolute Gasteiger partial charge is 0.275 e. The highest BCUT2D eigenvalue weighted by molar-refractivity contribution is 6.30. The van der Waals surface area contributed by atoms with Crippen LogP contribution in [0.1, 0.15) is 11.1 Å². The van der Waals surface area contributed by atoms with Crippen molar-refractivity contribution >= 4 is 35.2 Å². The number of hydrogen-bond donors (Lipinski definition) is 2. The summed E-state index contributed by atoms with van der Waals surface area (Å²) in [5.74, 6) is -0.160. The highest BCUT2D eigenvalue weighted by Crippen LogP contribution is 2.33. The molecule has 0 spiro atoms. The third-order valence-corrected chi connectivity index (χ3v) is 4.11. The number of para-hydroxylation sites is 1. The topological polar surface area (TPSA) is 70.4 Å². The highest BCUT2D eigenvalue weighted by atomic mass is 35.5. The van der Waals surface area contributed by atoms with E-state index in [0.717, 1.165) is 16.8 Å². The minimum Gasteiger partial charge on any atom is -0.493 e. The molecule has 2 heterocycles. The van der Waals surface area contributed by atoms with Crippen molar-refractivity contribution in [3.05, 3.63) is 75.0 Å². The SMILES string of the molecule is O=c1[nH]n(-c2ccc(Cl)cc2)c(O)c1/C=C1/C=Nc2ccccc21. The van der Waals surface area contributed by atoms with Crippen LogP contribution in [0.5, 0.6) is 5.88 Å². The Bertz CT molecular complexity index is 1040. The molecule has 0 unspecified atom stereocenters. The molecule has 0 amide bonds. The Morgan fingerprint density at radius 1 is 1.12 bits per heavy atom. The van der Waals surface area contributed by atoms with Gasteiger partial charge in [-0.3, -0.25) is 14.9 Å². The van der Waals surface area contributed by atoms with Gasteiger partial charge in [0.1, 0.15) is 5.56 Å². The Labute approximate surface area is 142 Å². The van der Waals surface area contributed by atoms with Crippen molar-refractivity contribution in [1.29, 1.82) is 0 Å². The number of aromatic amines is 1. The minimum atomic E-state index is -0.382. The molecule has 0 radical (unpaired) electrons. The number of aliphatic imine (C=N–C) groups is 1. The van der Waals surface area contributed by atoms with Crippen LogP contribution in [0, 0.1) is 0 Å². The average molecular weight is 338 g/mol. The lowest BCUT2D eigenvalue weighted by Gasteiger charge is -2.04. The van der Waals surface area contributed by atoms with Gasteiger partial charge in [-0.05, 0) is 36.4 Å². The molecule has 5 nitrogen and oxygen atoms in total. The molecule has 0 saturated heterocycles. The zero-order valence-electron chi connectivity index (χ0n) is 12.4. The van der Waals surface area contributed by atoms with E-state index in [1.807, 2.05) is 24.3 Å². The van der Waals surface area contributed by atoms with Gasteiger partial charge in [0.15, 0.2) is 0 Å². The molecule has 24 heavy (non-hydrogen) atoms. The first-order valence-electron chi connectivity index (χ1n) is 7.28. The fraction of sp³-hybridized carbons (Fsp3) is 0. The number of rotatable bonds is 2. The molecule has 1 aromatic heterocycles. The molecule has 2 aromatic carbocycles. The summed E-state index contributed by atoms with van der Waals surface area (Å²) >= 11 is 5.87. The van der Waals surface area contributed by atoms with E-state index in [9.17, 15) is 9.90 Å². The van der Waals surface area contributed by atoms with Gasteiger partial charge in [-0.2, -0.15) is 0 Å². The molecule has 0 saturated carbocycles. The Morgan fingerprint density at radius 2 is 1.88 bits per heavy atom. The van der Waals surface area contributed by atoms with Crippen molar-refractivity contribution in [2.24, 2.45) is 4.99 Å². The number of halogens is 1. The third-order valence-electron chi connectivity index (χ3n) is 3.85. The number of allylic oxidation sites excluding steroid dienone is 1. The van der Waals surface area contributed by atoms with Gasteiger partial charge in [0.2, 0.25) is 5.88 Å². The zero-order chi connectivity index (χ0) is 16.7. The second-order valence-corrected chi connectivity index (χ2v) is 5.80. The van der Waals surface area contributed by atoms with Crippen molar-refractivity contribution in [2.45, 2.75) is 0 Å². The van der Waals surface area contributed by atoms with Gasteiger partial charge in [0, 0.05) is 22.4 Å². The quantitative estimate of drug-likeness (QED) is 0.747. The van der Waals surface area contributed by atoms with Crippen LogP contribution >= 0.6 is 11.6 Å². The molecule has 0 atom stereocenters. The fourth-order valence-electron chi connectivity index (χ4n) is 2.65. The molecular weight excluding hydrogens is 326 g/mol. The predicted octanol–water partition coefficient (Wildman–Crippen LogP) is 3.78. The van der Waals surface area contributed by atoms with Crippen molar-refractivity contribution in [3.8, 4) is 11.6 Å². The lowest BCUT2D eigenvalue weighted by atomic mass is 10.1. The summed E-state index contributed by atoms with van der Waals surface area (Å²) in [5, 5.41) is 13.7. The molecule has 4 rings (SSSR count). The summed E-state index contributed by atoms with van der Waals surface area (Å²) in [7, 11) is 0. The molecule has 0 aliphatic carbocycles. The van der Waals surface area contributed by atoms with Crippen LogP contribution < -0.4 is 5.56 Å². The number of benzene rings is 2. The number of H-pyrrole nitrogens is 1. The maximum absolute atomic E-state index is 12.2. The number of nitrogens with zero attached hydrogens (tertiary/aromatic N) is 2. The van der Waals surface area contributed by atoms with E-state index in [2.05, 4.69) is 10.1 Å². The second-order valence-electron chi connectivity index (χ2n) is 5.37. The van der Waals surface area contributed by atoms with E-state index < -0.39 is 0 Å². The van der Waals surface area contributed by atoms with Gasteiger partial charge in [0.25, 0.3) is 5.56 Å². The van der Waals surface area contributed by atoms with Gasteiger partial charge in [-0.25, -0.2) is 4.68 Å². The maximum atomic E-state index is 12.2. The average Bonchev–Trinajstić information content (AvgIpc) is 3.12. The maximum Gasteiger partial charge on any atom is 0.275 e. The number of aromatic nitrogens is 2. The molecule has 118 valence electrons. The standard InChI is InChI=1S/C18H12ClN3O2/c19-12-5-7-13(8-6-12)22-18(24)15(17(23)21-22)9-11-10-20-16-4-2-1-3-14(11)16/h1-10,24H,(H,21,23)/b11-9-. The van der Waals surface area contributed by atoms with Crippen LogP contribution in [0.2, 0.25) is 5.02 Å². The molecular formula is C18H12ClN3O2. The van der Waals surface area contributed by atoms with Crippen molar-refractivity contribution in [2.75, 3.05) is 0 Å². The fourth-order valence-corrected chi connectivity index (χ4v) is 2.78. The first-order chi connectivity index (χ1) is 11.6. The van der Waals surface area contributed by atoms with Crippen LogP contribution in [-0.2, 0) is 0 Å². The van der Waals surface area contributed by atoms with Crippen molar-refractivity contribution in [1.82, 2.24) is 9.78 Å². The number of aromatic hydroxyl groups is 1. The normalized spacial score (nSPS) is 14.3. The van der Waals surface area contributed by atoms with Crippen molar-refractivity contribution < 1.29 is 5.11 Å². The summed E-state index contributed by atoms with van der Waals surface area (Å²) in [6.45, 7) is 0. The van der Waals surface area contributed by atoms with Crippen LogP contribution in [0.4, 0.5) is 5.69 Å². The lowest BCUT2D eigenvalue weighted by Crippen LogP contribution is -2.05. The van der Waals surface area contributed by atoms with E-state index in [4.69, 9.17) is 11.6 Å². The van der Waals surface area contributed by atoms with Crippen LogP contribution in [0.3, 0.4) is 0 Å². The van der Waals surface area contributed by atoms with E-state index in [1.54, 1.807) is 36.6 Å². The van der Waals surface area contributed by atoms with Crippen LogP contribution in [0.25, 0.3) is 17.3 Å². The molecule has 1 aliphatic rings. The second kappa shape index (κ2) is 5.54. The minimum absolute atomic E-state index is 0.160. The molecule has 0 fully saturated rings. The Morgan fingerprint density at radius 3 is 2.67 bits per heavy atom. The number of fused-ring (bicyclic) bond motifs is 1. The van der Waals surface area contributed by atoms with Crippen LogP contribution in [0.15, 0.2) is 58.3 Å². The lowest BCUT2D eigenvalue weighted by molar-refractivity contribution is 0.432. The predicted molar refractivity (Wildman–Crippen MR) is 95.5 cm³/mol. The molecule has 2 N–H and O–H groups in total. The summed E-state index contributed by atoms with van der Waals surface area (Å²) in [4.78, 5) is 16.6. The van der Waals surface area contributed by atoms with Gasteiger partial charge in [-0.1, -0.05) is 29.8 Å². The highest BCUT2D eigenvalue weighted by Gasteiger charge is 2.17. The van der Waals surface area contributed by atoms with E-state index >= 15 is 0 Å². The number of nitrogens with one attached hydrogen (secondary N) is 1. The summed E-state index contributed by atoms with van der Waals surface area (Å²) in [6, 6.07) is 14.4. The first-order valence-corrected chi connectivity index (χ1v) is 7.66. The zero-order valence-corrected chi connectivity index (χ0v) is 13.2. The van der Waals surface area contributed by atoms with Crippen molar-refractivity contribution in [3.63, 3.8) is 0 Å². The Balaban J connectivity index is 1.81. The largest absolute Gasteiger partial charge is 0.493 e. The number of hydrogen-bond acceptors (Lipinski definition) is 3. The summed E-state index contributed by atoms with van der Waals surface area (Å²) in [6.07, 6.45) is 3.32. The summed E-state index contributed by atoms with van der Waals surface area (Å²) in [5.41, 5.74) is 2.96. The summed E-state index contributed by atoms with van der Waals surface area (Å²) < 4.78 is 1.32. The van der Waals surface area contributed by atoms with Crippen LogP contribution in [-0.4, -0.2) is 21.1 Å². The monoisotopic (exact) mass is 337 g/mol. The first kappa shape index (κ1) is 14.5. The van der Waals surface area contributed by atoms with Gasteiger partial charge < -0.3 is 5.11 Å². The Kier molecular flexibility index (Phi) is 3.36. The Hall–Kier alpha value is -3.05.